The highest BCUT2D eigenvalue weighted by Gasteiger charge is 2.59. The van der Waals surface area contributed by atoms with Crippen LogP contribution in [-0.4, -0.2) is 61.6 Å². The molecular weight excluding hydrogens is 412 g/mol. The number of aryl methyl sites for hydroxylation is 1. The third-order valence-electron chi connectivity index (χ3n) is 5.94. The maximum Gasteiger partial charge on any atom is 0.294 e. The molecule has 1 aliphatic heterocycles. The first-order chi connectivity index (χ1) is 14.3. The van der Waals surface area contributed by atoms with Crippen LogP contribution in [0.3, 0.4) is 0 Å². The molecule has 1 aromatic carbocycles. The topological polar surface area (TPSA) is 76.3 Å². The number of aromatic nitrogens is 4. The fourth-order valence-electron chi connectivity index (χ4n) is 4.40. The first-order valence-electron chi connectivity index (χ1n) is 9.75. The van der Waals surface area contributed by atoms with Crippen molar-refractivity contribution in [3.63, 3.8) is 0 Å². The summed E-state index contributed by atoms with van der Waals surface area (Å²) in [4.78, 5) is 1.72. The van der Waals surface area contributed by atoms with Gasteiger partial charge in [-0.25, -0.2) is 13.5 Å². The van der Waals surface area contributed by atoms with E-state index in [0.29, 0.717) is 28.7 Å². The quantitative estimate of drug-likeness (QED) is 0.679. The molecule has 7 nitrogen and oxygen atoms in total. The number of hydrogen-bond acceptors (Lipinski definition) is 7. The van der Waals surface area contributed by atoms with Gasteiger partial charge >= 0.3 is 0 Å². The summed E-state index contributed by atoms with van der Waals surface area (Å²) in [5.41, 5.74) is 2.14. The minimum Gasteiger partial charge on any atom is -0.507 e. The van der Waals surface area contributed by atoms with Gasteiger partial charge in [0.1, 0.15) is 11.9 Å². The molecule has 2 aliphatic rings. The van der Waals surface area contributed by atoms with E-state index in [1.807, 2.05) is 25.3 Å². The fourth-order valence-corrected chi connectivity index (χ4v) is 5.20. The van der Waals surface area contributed by atoms with Gasteiger partial charge in [-0.2, -0.15) is 5.10 Å². The molecule has 1 N–H and O–H groups in total. The molecule has 30 heavy (non-hydrogen) atoms. The van der Waals surface area contributed by atoms with Gasteiger partial charge in [-0.3, -0.25) is 4.90 Å². The van der Waals surface area contributed by atoms with E-state index in [0.717, 1.165) is 11.4 Å². The molecule has 0 amide bonds. The van der Waals surface area contributed by atoms with Crippen LogP contribution >= 0.6 is 11.3 Å². The number of rotatable bonds is 4. The maximum absolute atomic E-state index is 14.3. The lowest BCUT2D eigenvalue weighted by atomic mass is 9.84. The number of fused-ring (bicyclic) bond motifs is 2. The van der Waals surface area contributed by atoms with E-state index in [1.165, 1.54) is 11.3 Å². The van der Waals surface area contributed by atoms with Crippen LogP contribution in [0, 0.1) is 12.8 Å². The van der Waals surface area contributed by atoms with Crippen LogP contribution in [0.4, 0.5) is 8.78 Å². The number of aromatic hydroxyl groups is 1. The second kappa shape index (κ2) is 6.98. The van der Waals surface area contributed by atoms with E-state index in [1.54, 1.807) is 28.8 Å². The molecule has 158 valence electrons. The summed E-state index contributed by atoms with van der Waals surface area (Å²) in [6.07, 6.45) is 2.06. The Balaban J connectivity index is 1.32. The maximum atomic E-state index is 14.3. The van der Waals surface area contributed by atoms with Crippen molar-refractivity contribution in [1.82, 2.24) is 24.9 Å². The smallest absolute Gasteiger partial charge is 0.294 e. The van der Waals surface area contributed by atoms with Gasteiger partial charge in [0.15, 0.2) is 5.01 Å². The second-order valence-corrected chi connectivity index (χ2v) is 8.95. The Hall–Kier alpha value is -2.59. The van der Waals surface area contributed by atoms with Crippen molar-refractivity contribution in [2.24, 2.45) is 5.92 Å². The standard InChI is InChI=1S/C20H21F2N5O2S/c1-11-5-6-27(25-11)13-3-4-15(16(28)8-13)18-23-24-19(30-18)29-14-7-12-10-26(2)17(9-14)20(12,21)22/h3-6,8,12,14,17,28H,7,9-10H2,1-2H3. The average molecular weight is 433 g/mol. The lowest BCUT2D eigenvalue weighted by Crippen LogP contribution is -2.47. The van der Waals surface area contributed by atoms with Crippen molar-refractivity contribution in [1.29, 1.82) is 0 Å². The molecule has 0 radical (unpaired) electrons. The molecule has 1 aliphatic carbocycles. The molecular formula is C20H21F2N5O2S. The SMILES string of the molecule is Cc1ccn(-c2ccc(-c3nnc(OC4CC5CN(C)C(C4)C5(F)F)s3)c(O)c2)n1. The molecule has 3 atom stereocenters. The Morgan fingerprint density at radius 3 is 2.77 bits per heavy atom. The molecule has 2 aromatic heterocycles. The van der Waals surface area contributed by atoms with E-state index in [4.69, 9.17) is 4.74 Å². The zero-order valence-electron chi connectivity index (χ0n) is 16.5. The molecule has 10 heteroatoms. The van der Waals surface area contributed by atoms with Gasteiger partial charge in [0.25, 0.3) is 11.1 Å². The summed E-state index contributed by atoms with van der Waals surface area (Å²) in [5, 5.41) is 23.8. The van der Waals surface area contributed by atoms with Crippen molar-refractivity contribution in [2.75, 3.05) is 13.6 Å². The van der Waals surface area contributed by atoms with E-state index >= 15 is 0 Å². The van der Waals surface area contributed by atoms with Crippen molar-refractivity contribution < 1.29 is 18.6 Å². The Labute approximate surface area is 175 Å². The molecule has 2 fully saturated rings. The molecule has 5 rings (SSSR count). The Morgan fingerprint density at radius 1 is 1.23 bits per heavy atom. The predicted octanol–water partition coefficient (Wildman–Crippen LogP) is 3.51. The van der Waals surface area contributed by atoms with Crippen molar-refractivity contribution in [3.05, 3.63) is 36.2 Å². The molecule has 1 saturated heterocycles. The highest BCUT2D eigenvalue weighted by atomic mass is 32.1. The summed E-state index contributed by atoms with van der Waals surface area (Å²) in [5.74, 6) is -3.30. The number of phenols is 1. The Kier molecular flexibility index (Phi) is 4.51. The summed E-state index contributed by atoms with van der Waals surface area (Å²) >= 11 is 1.20. The average Bonchev–Trinajstić information content (AvgIpc) is 3.34. The predicted molar refractivity (Wildman–Crippen MR) is 107 cm³/mol. The van der Waals surface area contributed by atoms with Crippen LogP contribution in [0.25, 0.3) is 16.3 Å². The van der Waals surface area contributed by atoms with Crippen LogP contribution in [0.2, 0.25) is 0 Å². The van der Waals surface area contributed by atoms with Gasteiger partial charge in [-0.05, 0) is 38.6 Å². The van der Waals surface area contributed by atoms with Crippen molar-refractivity contribution >= 4 is 11.3 Å². The Morgan fingerprint density at radius 2 is 2.07 bits per heavy atom. The first kappa shape index (κ1) is 19.4. The van der Waals surface area contributed by atoms with E-state index < -0.39 is 17.9 Å². The zero-order valence-corrected chi connectivity index (χ0v) is 17.3. The van der Waals surface area contributed by atoms with Gasteiger partial charge in [0.2, 0.25) is 0 Å². The van der Waals surface area contributed by atoms with Crippen molar-refractivity contribution in [3.8, 4) is 27.2 Å². The third kappa shape index (κ3) is 3.24. The van der Waals surface area contributed by atoms with E-state index in [-0.39, 0.29) is 18.3 Å². The molecule has 3 aromatic rings. The van der Waals surface area contributed by atoms with Crippen LogP contribution in [-0.2, 0) is 0 Å². The first-order valence-corrected chi connectivity index (χ1v) is 10.6. The molecule has 0 spiro atoms. The van der Waals surface area contributed by atoms with Crippen LogP contribution in [0.15, 0.2) is 30.5 Å². The fraction of sp³-hybridized carbons (Fsp3) is 0.450. The number of ether oxygens (including phenoxy) is 1. The van der Waals surface area contributed by atoms with Crippen molar-refractivity contribution in [2.45, 2.75) is 37.8 Å². The Bertz CT molecular complexity index is 1080. The highest BCUT2D eigenvalue weighted by Crippen LogP contribution is 2.47. The highest BCUT2D eigenvalue weighted by molar-refractivity contribution is 7.16. The lowest BCUT2D eigenvalue weighted by Gasteiger charge is -2.34. The third-order valence-corrected chi connectivity index (χ3v) is 6.78. The number of nitrogens with zero attached hydrogens (tertiary/aromatic N) is 5. The van der Waals surface area contributed by atoms with Gasteiger partial charge in [0.05, 0.1) is 23.0 Å². The summed E-state index contributed by atoms with van der Waals surface area (Å²) in [6, 6.07) is 6.28. The van der Waals surface area contributed by atoms with Crippen LogP contribution < -0.4 is 4.74 Å². The number of alkyl halides is 2. The van der Waals surface area contributed by atoms with Gasteiger partial charge in [-0.1, -0.05) is 16.4 Å². The minimum absolute atomic E-state index is 0.0559. The number of phenolic OH excluding ortho intramolecular Hbond substituents is 1. The summed E-state index contributed by atoms with van der Waals surface area (Å²) < 4.78 is 36.2. The van der Waals surface area contributed by atoms with Crippen LogP contribution in [0.1, 0.15) is 18.5 Å². The largest absolute Gasteiger partial charge is 0.507 e. The van der Waals surface area contributed by atoms with Crippen LogP contribution in [0.5, 0.6) is 10.9 Å². The molecule has 3 unspecified atom stereocenters. The minimum atomic E-state index is -2.67. The number of benzene rings is 1. The molecule has 3 heterocycles. The zero-order chi connectivity index (χ0) is 21.0. The van der Waals surface area contributed by atoms with E-state index in [2.05, 4.69) is 15.3 Å². The number of likely N-dealkylation sites (tertiary alicyclic amines) is 1. The molecule has 2 bridgehead atoms. The van der Waals surface area contributed by atoms with Gasteiger partial charge in [0, 0.05) is 31.1 Å². The summed E-state index contributed by atoms with van der Waals surface area (Å²) in [6.45, 7) is 2.28. The normalized spacial score (nSPS) is 25.5. The summed E-state index contributed by atoms with van der Waals surface area (Å²) in [7, 11) is 1.74. The van der Waals surface area contributed by atoms with Gasteiger partial charge in [-0.15, -0.1) is 5.10 Å². The van der Waals surface area contributed by atoms with E-state index in [9.17, 15) is 13.9 Å². The molecule has 1 saturated carbocycles. The number of hydrogen-bond donors (Lipinski definition) is 1. The van der Waals surface area contributed by atoms with Gasteiger partial charge < -0.3 is 9.84 Å². The second-order valence-electron chi connectivity index (χ2n) is 8.01. The lowest BCUT2D eigenvalue weighted by molar-refractivity contribution is -0.104. The number of halogens is 2. The monoisotopic (exact) mass is 433 g/mol.